The summed E-state index contributed by atoms with van der Waals surface area (Å²) in [6, 6.07) is 16.5. The Morgan fingerprint density at radius 2 is 1.93 bits per heavy atom. The molecule has 5 nitrogen and oxygen atoms in total. The second-order valence-electron chi connectivity index (χ2n) is 7.44. The average molecular weight is 442 g/mol. The molecule has 28 heavy (non-hydrogen) atoms. The van der Waals surface area contributed by atoms with Crippen LogP contribution in [-0.4, -0.2) is 53.7 Å². The smallest absolute Gasteiger partial charge is 0.266 e. The molecule has 1 unspecified atom stereocenters. The lowest BCUT2D eigenvalue weighted by molar-refractivity contribution is -0.143. The quantitative estimate of drug-likeness (QED) is 0.727. The van der Waals surface area contributed by atoms with Crippen molar-refractivity contribution in [2.75, 3.05) is 26.2 Å². The minimum absolute atomic E-state index is 0.0453. The number of carbonyl (C=O) groups excluding carboxylic acids is 1. The molecule has 1 atom stereocenters. The molecular weight excluding hydrogens is 418 g/mol. The largest absolute Gasteiger partial charge is 0.382 e. The van der Waals surface area contributed by atoms with E-state index in [4.69, 9.17) is 4.84 Å². The molecule has 2 aromatic carbocycles. The van der Waals surface area contributed by atoms with E-state index >= 15 is 0 Å². The van der Waals surface area contributed by atoms with E-state index in [2.05, 4.69) is 57.2 Å². The maximum atomic E-state index is 12.9. The predicted octanol–water partition coefficient (Wildman–Crippen LogP) is 3.59. The normalized spacial score (nSPS) is 20.0. The molecule has 6 heteroatoms. The van der Waals surface area contributed by atoms with Crippen molar-refractivity contribution >= 4 is 27.5 Å². The third kappa shape index (κ3) is 4.45. The van der Waals surface area contributed by atoms with Crippen LogP contribution in [0.15, 0.2) is 58.2 Å². The van der Waals surface area contributed by atoms with Crippen LogP contribution >= 0.6 is 15.9 Å². The summed E-state index contributed by atoms with van der Waals surface area (Å²) in [6.07, 6.45) is 0.0241. The van der Waals surface area contributed by atoms with Gasteiger partial charge >= 0.3 is 0 Å². The number of amides is 1. The Hall–Kier alpha value is -2.18. The highest BCUT2D eigenvalue weighted by Gasteiger charge is 2.33. The van der Waals surface area contributed by atoms with Crippen LogP contribution in [0.2, 0.25) is 0 Å². The number of hydrogen-bond donors (Lipinski definition) is 0. The van der Waals surface area contributed by atoms with Crippen molar-refractivity contribution in [3.8, 4) is 0 Å². The van der Waals surface area contributed by atoms with Gasteiger partial charge in [0.15, 0.2) is 0 Å². The molecule has 4 rings (SSSR count). The fraction of sp³-hybridized carbons (Fsp3) is 0.364. The van der Waals surface area contributed by atoms with E-state index < -0.39 is 6.10 Å². The summed E-state index contributed by atoms with van der Waals surface area (Å²) in [5.41, 5.74) is 4.43. The van der Waals surface area contributed by atoms with Crippen molar-refractivity contribution in [3.63, 3.8) is 0 Å². The highest BCUT2D eigenvalue weighted by Crippen LogP contribution is 2.21. The third-order valence-electron chi connectivity index (χ3n) is 5.27. The zero-order valence-corrected chi connectivity index (χ0v) is 17.6. The number of halogens is 1. The number of aryl methyl sites for hydroxylation is 1. The highest BCUT2D eigenvalue weighted by molar-refractivity contribution is 9.10. The van der Waals surface area contributed by atoms with Gasteiger partial charge < -0.3 is 9.74 Å². The van der Waals surface area contributed by atoms with Crippen molar-refractivity contribution < 1.29 is 9.63 Å². The van der Waals surface area contributed by atoms with Crippen LogP contribution in [0.3, 0.4) is 0 Å². The predicted molar refractivity (Wildman–Crippen MR) is 113 cm³/mol. The van der Waals surface area contributed by atoms with E-state index in [-0.39, 0.29) is 5.91 Å². The summed E-state index contributed by atoms with van der Waals surface area (Å²) in [7, 11) is 0. The van der Waals surface area contributed by atoms with E-state index in [1.165, 1.54) is 11.1 Å². The lowest BCUT2D eigenvalue weighted by atomic mass is 10.0. The molecule has 2 aliphatic heterocycles. The zero-order chi connectivity index (χ0) is 19.5. The van der Waals surface area contributed by atoms with Crippen molar-refractivity contribution in [1.82, 2.24) is 9.80 Å². The molecule has 0 radical (unpaired) electrons. The summed E-state index contributed by atoms with van der Waals surface area (Å²) >= 11 is 3.47. The van der Waals surface area contributed by atoms with Crippen molar-refractivity contribution in [3.05, 3.63) is 69.7 Å². The Morgan fingerprint density at radius 1 is 1.14 bits per heavy atom. The van der Waals surface area contributed by atoms with Gasteiger partial charge in [-0.25, -0.2) is 0 Å². The van der Waals surface area contributed by atoms with Crippen LogP contribution in [0, 0.1) is 6.92 Å². The second-order valence-corrected chi connectivity index (χ2v) is 8.35. The Balaban J connectivity index is 1.29. The summed E-state index contributed by atoms with van der Waals surface area (Å²) in [4.78, 5) is 22.6. The number of oxime groups is 1. The van der Waals surface area contributed by atoms with Gasteiger partial charge in [-0.3, -0.25) is 9.69 Å². The van der Waals surface area contributed by atoms with Gasteiger partial charge in [-0.2, -0.15) is 0 Å². The molecular formula is C22H24BrN3O2. The van der Waals surface area contributed by atoms with Gasteiger partial charge in [0, 0.05) is 49.2 Å². The highest BCUT2D eigenvalue weighted by atomic mass is 79.9. The molecule has 0 saturated carbocycles. The molecule has 1 amide bonds. The number of hydrogen-bond acceptors (Lipinski definition) is 4. The van der Waals surface area contributed by atoms with Crippen LogP contribution in [0.4, 0.5) is 0 Å². The number of piperazine rings is 1. The summed E-state index contributed by atoms with van der Waals surface area (Å²) in [5, 5.41) is 4.16. The fourth-order valence-electron chi connectivity index (χ4n) is 3.75. The average Bonchev–Trinajstić information content (AvgIpc) is 3.18. The van der Waals surface area contributed by atoms with Crippen molar-refractivity contribution in [2.24, 2.45) is 5.16 Å². The summed E-state index contributed by atoms with van der Waals surface area (Å²) in [6.45, 7) is 6.27. The van der Waals surface area contributed by atoms with E-state index in [9.17, 15) is 4.79 Å². The number of carbonyl (C=O) groups is 1. The lowest BCUT2D eigenvalue weighted by Gasteiger charge is -2.35. The van der Waals surface area contributed by atoms with Gasteiger partial charge in [0.05, 0.1) is 5.71 Å². The van der Waals surface area contributed by atoms with Crippen LogP contribution < -0.4 is 0 Å². The Morgan fingerprint density at radius 3 is 2.68 bits per heavy atom. The number of nitrogens with zero attached hydrogens (tertiary/aromatic N) is 3. The second kappa shape index (κ2) is 8.45. The lowest BCUT2D eigenvalue weighted by Crippen LogP contribution is -2.51. The first kappa shape index (κ1) is 19.2. The topological polar surface area (TPSA) is 45.1 Å². The monoisotopic (exact) mass is 441 g/mol. The summed E-state index contributed by atoms with van der Waals surface area (Å²) < 4.78 is 0.993. The van der Waals surface area contributed by atoms with Crippen molar-refractivity contribution in [1.29, 1.82) is 0 Å². The maximum Gasteiger partial charge on any atom is 0.266 e. The molecule has 0 aromatic heterocycles. The Bertz CT molecular complexity index is 891. The molecule has 2 aliphatic rings. The minimum Gasteiger partial charge on any atom is -0.382 e. The summed E-state index contributed by atoms with van der Waals surface area (Å²) in [5.74, 6) is 0.0453. The van der Waals surface area contributed by atoms with Gasteiger partial charge in [0.25, 0.3) is 5.91 Å². The van der Waals surface area contributed by atoms with Gasteiger partial charge in [-0.1, -0.05) is 63.0 Å². The van der Waals surface area contributed by atoms with Crippen molar-refractivity contribution in [2.45, 2.75) is 26.0 Å². The van der Waals surface area contributed by atoms with Crippen LogP contribution in [0.5, 0.6) is 0 Å². The number of rotatable bonds is 4. The van der Waals surface area contributed by atoms with Crippen LogP contribution in [0.1, 0.15) is 23.1 Å². The Kier molecular flexibility index (Phi) is 5.78. The first-order chi connectivity index (χ1) is 13.6. The number of benzene rings is 2. The van der Waals surface area contributed by atoms with Gasteiger partial charge in [0.1, 0.15) is 0 Å². The first-order valence-corrected chi connectivity index (χ1v) is 10.4. The fourth-order valence-corrected chi connectivity index (χ4v) is 4.15. The van der Waals surface area contributed by atoms with Gasteiger partial charge in [0.2, 0.25) is 6.10 Å². The molecule has 0 aliphatic carbocycles. The van der Waals surface area contributed by atoms with Gasteiger partial charge in [-0.05, 0) is 24.6 Å². The third-order valence-corrected chi connectivity index (χ3v) is 5.77. The molecule has 1 saturated heterocycles. The standard InChI is InChI=1S/C22H24BrN3O2/c1-16-4-2-5-17(12-16)15-25-8-10-26(11-9-25)22(27)21-14-20(24-28-21)18-6-3-7-19(23)13-18/h2-7,12-13,21H,8-11,14-15H2,1H3. The minimum atomic E-state index is -0.502. The van der Waals surface area contributed by atoms with E-state index in [0.717, 1.165) is 48.5 Å². The molecule has 2 aromatic rings. The molecule has 2 heterocycles. The van der Waals surface area contributed by atoms with Gasteiger partial charge in [-0.15, -0.1) is 0 Å². The van der Waals surface area contributed by atoms with Crippen LogP contribution in [0.25, 0.3) is 0 Å². The molecule has 0 spiro atoms. The van der Waals surface area contributed by atoms with E-state index in [1.807, 2.05) is 29.2 Å². The SMILES string of the molecule is Cc1cccc(CN2CCN(C(=O)C3CC(c4cccc(Br)c4)=NO3)CC2)c1. The molecule has 0 bridgehead atoms. The maximum absolute atomic E-state index is 12.9. The molecule has 1 fully saturated rings. The first-order valence-electron chi connectivity index (χ1n) is 9.64. The zero-order valence-electron chi connectivity index (χ0n) is 16.0. The molecule has 0 N–H and O–H groups in total. The Labute approximate surface area is 174 Å². The van der Waals surface area contributed by atoms with Crippen LogP contribution in [-0.2, 0) is 16.2 Å². The molecule has 146 valence electrons. The van der Waals surface area contributed by atoms with E-state index in [1.54, 1.807) is 0 Å². The van der Waals surface area contributed by atoms with E-state index in [0.29, 0.717) is 6.42 Å².